The van der Waals surface area contributed by atoms with Crippen LogP contribution in [0.3, 0.4) is 0 Å². The fourth-order valence-electron chi connectivity index (χ4n) is 3.23. The molecule has 2 aromatic heterocycles. The van der Waals surface area contributed by atoms with Crippen molar-refractivity contribution in [3.05, 3.63) is 58.4 Å². The average molecular weight is 304 g/mol. The molecule has 1 aromatic carbocycles. The summed E-state index contributed by atoms with van der Waals surface area (Å²) in [5.41, 5.74) is 5.89. The number of hydrogen-bond acceptors (Lipinski definition) is 5. The first kappa shape index (κ1) is 13.9. The van der Waals surface area contributed by atoms with Crippen molar-refractivity contribution in [2.75, 3.05) is 0 Å². The van der Waals surface area contributed by atoms with Gasteiger partial charge in [-0.05, 0) is 54.7 Å². The van der Waals surface area contributed by atoms with E-state index in [0.717, 1.165) is 41.6 Å². The predicted molar refractivity (Wildman–Crippen MR) is 85.6 cm³/mol. The zero-order valence-electron chi connectivity index (χ0n) is 12.8. The normalized spacial score (nSPS) is 16.4. The van der Waals surface area contributed by atoms with Crippen LogP contribution in [0.4, 0.5) is 0 Å². The summed E-state index contributed by atoms with van der Waals surface area (Å²) in [6.45, 7) is 2.67. The van der Waals surface area contributed by atoms with Crippen LogP contribution in [0.5, 0.6) is 0 Å². The third-order valence-electron chi connectivity index (χ3n) is 4.47. The second-order valence-corrected chi connectivity index (χ2v) is 5.96. The third-order valence-corrected chi connectivity index (χ3v) is 4.47. The molecule has 23 heavy (non-hydrogen) atoms. The number of benzene rings is 1. The minimum absolute atomic E-state index is 0.331. The Kier molecular flexibility index (Phi) is 3.32. The van der Waals surface area contributed by atoms with Gasteiger partial charge in [-0.25, -0.2) is 4.98 Å². The van der Waals surface area contributed by atoms with Crippen LogP contribution in [0.15, 0.2) is 35.0 Å². The van der Waals surface area contributed by atoms with Crippen molar-refractivity contribution in [3.8, 4) is 6.07 Å². The molecule has 0 radical (unpaired) electrons. The van der Waals surface area contributed by atoms with E-state index in [1.165, 1.54) is 11.1 Å². The van der Waals surface area contributed by atoms with Crippen molar-refractivity contribution in [2.24, 2.45) is 0 Å². The summed E-state index contributed by atoms with van der Waals surface area (Å²) in [5.74, 6) is 0. The van der Waals surface area contributed by atoms with Gasteiger partial charge >= 0.3 is 0 Å². The molecule has 114 valence electrons. The van der Waals surface area contributed by atoms with Gasteiger partial charge in [-0.2, -0.15) is 5.26 Å². The van der Waals surface area contributed by atoms with Gasteiger partial charge in [-0.3, -0.25) is 0 Å². The van der Waals surface area contributed by atoms with E-state index in [-0.39, 0.29) is 0 Å². The van der Waals surface area contributed by atoms with Crippen LogP contribution in [-0.2, 0) is 13.0 Å². The number of nitrogens with zero attached hydrogens (tertiary/aromatic N) is 3. The molecule has 0 saturated heterocycles. The van der Waals surface area contributed by atoms with Crippen LogP contribution in [0.2, 0.25) is 0 Å². The molecule has 5 heteroatoms. The van der Waals surface area contributed by atoms with Crippen LogP contribution in [0.1, 0.15) is 40.4 Å². The van der Waals surface area contributed by atoms with Crippen molar-refractivity contribution in [2.45, 2.75) is 32.4 Å². The van der Waals surface area contributed by atoms with Crippen molar-refractivity contribution in [1.82, 2.24) is 15.5 Å². The third kappa shape index (κ3) is 2.47. The van der Waals surface area contributed by atoms with Gasteiger partial charge < -0.3 is 9.84 Å². The van der Waals surface area contributed by atoms with E-state index in [0.29, 0.717) is 11.8 Å². The summed E-state index contributed by atoms with van der Waals surface area (Å²) in [6, 6.07) is 10.6. The van der Waals surface area contributed by atoms with Crippen LogP contribution in [-0.4, -0.2) is 10.1 Å². The number of nitrogens with one attached hydrogen (secondary N) is 1. The maximum Gasteiger partial charge on any atom is 0.257 e. The lowest BCUT2D eigenvalue weighted by Gasteiger charge is -2.14. The van der Waals surface area contributed by atoms with Crippen LogP contribution in [0, 0.1) is 18.3 Å². The number of nitriles is 1. The maximum atomic E-state index is 8.99. The molecule has 1 unspecified atom stereocenters. The minimum Gasteiger partial charge on any atom is -0.336 e. The van der Waals surface area contributed by atoms with Crippen LogP contribution in [0.25, 0.3) is 11.1 Å². The van der Waals surface area contributed by atoms with Gasteiger partial charge in [0.05, 0.1) is 22.7 Å². The molecule has 1 N–H and O–H groups in total. The minimum atomic E-state index is 0.331. The molecule has 0 fully saturated rings. The summed E-state index contributed by atoms with van der Waals surface area (Å²) >= 11 is 0. The Morgan fingerprint density at radius 1 is 1.39 bits per heavy atom. The van der Waals surface area contributed by atoms with Gasteiger partial charge in [0.2, 0.25) is 0 Å². The van der Waals surface area contributed by atoms with Crippen molar-refractivity contribution < 1.29 is 4.52 Å². The van der Waals surface area contributed by atoms with E-state index in [9.17, 15) is 0 Å². The largest absolute Gasteiger partial charge is 0.336 e. The quantitative estimate of drug-likeness (QED) is 0.804. The smallest absolute Gasteiger partial charge is 0.257 e. The van der Waals surface area contributed by atoms with Crippen molar-refractivity contribution >= 4 is 11.1 Å². The lowest BCUT2D eigenvalue weighted by Crippen LogP contribution is -2.18. The topological polar surface area (TPSA) is 74.7 Å². The molecule has 0 aliphatic heterocycles. The molecule has 0 saturated carbocycles. The molecule has 0 bridgehead atoms. The van der Waals surface area contributed by atoms with E-state index in [1.807, 2.05) is 25.3 Å². The molecule has 4 rings (SSSR count). The Morgan fingerprint density at radius 2 is 2.30 bits per heavy atom. The summed E-state index contributed by atoms with van der Waals surface area (Å²) in [7, 11) is 0. The molecular weight excluding hydrogens is 288 g/mol. The highest BCUT2D eigenvalue weighted by Gasteiger charge is 2.22. The summed E-state index contributed by atoms with van der Waals surface area (Å²) in [6.07, 6.45) is 3.91. The Bertz CT molecular complexity index is 922. The first-order chi connectivity index (χ1) is 11.2. The van der Waals surface area contributed by atoms with Gasteiger partial charge in [-0.1, -0.05) is 11.2 Å². The Morgan fingerprint density at radius 3 is 3.17 bits per heavy atom. The number of aromatic nitrogens is 2. The van der Waals surface area contributed by atoms with Crippen LogP contribution < -0.4 is 5.32 Å². The molecule has 0 amide bonds. The standard InChI is InChI=1S/C18H16N4O/c1-11-16-7-13(10-21-18(16)23-22-11)9-20-17-5-3-14-6-12(8-19)2-4-15(14)17/h2,4,6-7,10,17,20H,3,5,9H2,1H3. The monoisotopic (exact) mass is 304 g/mol. The fourth-order valence-corrected chi connectivity index (χ4v) is 3.23. The predicted octanol–water partition coefficient (Wildman–Crippen LogP) is 3.18. The van der Waals surface area contributed by atoms with Gasteiger partial charge in [0.1, 0.15) is 0 Å². The Labute approximate surface area is 133 Å². The fraction of sp³-hybridized carbons (Fsp3) is 0.278. The summed E-state index contributed by atoms with van der Waals surface area (Å²) in [5, 5.41) is 17.5. The lowest BCUT2D eigenvalue weighted by atomic mass is 10.1. The molecule has 1 aliphatic rings. The van der Waals surface area contributed by atoms with E-state index < -0.39 is 0 Å². The molecule has 5 nitrogen and oxygen atoms in total. The zero-order valence-corrected chi connectivity index (χ0v) is 12.8. The van der Waals surface area contributed by atoms with E-state index >= 15 is 0 Å². The van der Waals surface area contributed by atoms with E-state index in [1.54, 1.807) is 0 Å². The van der Waals surface area contributed by atoms with Gasteiger partial charge in [0, 0.05) is 18.8 Å². The highest BCUT2D eigenvalue weighted by atomic mass is 16.5. The number of fused-ring (bicyclic) bond motifs is 2. The second kappa shape index (κ2) is 5.49. The van der Waals surface area contributed by atoms with Gasteiger partial charge in [0.15, 0.2) is 0 Å². The molecule has 2 heterocycles. The second-order valence-electron chi connectivity index (χ2n) is 5.96. The Hall–Kier alpha value is -2.71. The average Bonchev–Trinajstić information content (AvgIpc) is 3.16. The number of hydrogen-bond donors (Lipinski definition) is 1. The van der Waals surface area contributed by atoms with Crippen LogP contribution >= 0.6 is 0 Å². The zero-order chi connectivity index (χ0) is 15.8. The van der Waals surface area contributed by atoms with Crippen molar-refractivity contribution in [3.63, 3.8) is 0 Å². The molecule has 3 aromatic rings. The first-order valence-electron chi connectivity index (χ1n) is 7.72. The maximum absolute atomic E-state index is 8.99. The van der Waals surface area contributed by atoms with E-state index in [2.05, 4.69) is 33.7 Å². The Balaban J connectivity index is 1.51. The highest BCUT2D eigenvalue weighted by Crippen LogP contribution is 2.32. The van der Waals surface area contributed by atoms with Gasteiger partial charge in [-0.15, -0.1) is 0 Å². The molecular formula is C18H16N4O. The number of pyridine rings is 1. The highest BCUT2D eigenvalue weighted by molar-refractivity contribution is 5.75. The van der Waals surface area contributed by atoms with Crippen molar-refractivity contribution in [1.29, 1.82) is 5.26 Å². The molecule has 0 spiro atoms. The van der Waals surface area contributed by atoms with E-state index in [4.69, 9.17) is 9.78 Å². The molecule has 1 atom stereocenters. The summed E-state index contributed by atoms with van der Waals surface area (Å²) < 4.78 is 5.14. The lowest BCUT2D eigenvalue weighted by molar-refractivity contribution is 0.442. The number of aryl methyl sites for hydroxylation is 2. The number of rotatable bonds is 3. The molecule has 1 aliphatic carbocycles. The SMILES string of the molecule is Cc1noc2ncc(CNC3CCc4cc(C#N)ccc43)cc12. The summed E-state index contributed by atoms with van der Waals surface area (Å²) in [4.78, 5) is 4.31. The first-order valence-corrected chi connectivity index (χ1v) is 7.72. The van der Waals surface area contributed by atoms with Gasteiger partial charge in [0.25, 0.3) is 5.71 Å².